The molecule has 0 radical (unpaired) electrons. The smallest absolute Gasteiger partial charge is 0.336 e. The highest BCUT2D eigenvalue weighted by molar-refractivity contribution is 6.00. The van der Waals surface area contributed by atoms with Crippen LogP contribution in [0.4, 0.5) is 0 Å². The number of fused-ring (bicyclic) bond motifs is 1. The third kappa shape index (κ3) is 3.63. The van der Waals surface area contributed by atoms with Gasteiger partial charge in [0.25, 0.3) is 0 Å². The highest BCUT2D eigenvalue weighted by Gasteiger charge is 2.37. The quantitative estimate of drug-likeness (QED) is 0.496. The van der Waals surface area contributed by atoms with E-state index in [-0.39, 0.29) is 16.4 Å². The highest BCUT2D eigenvalue weighted by Crippen LogP contribution is 2.48. The summed E-state index contributed by atoms with van der Waals surface area (Å²) in [6.45, 7) is 9.14. The fourth-order valence-corrected chi connectivity index (χ4v) is 4.85. The van der Waals surface area contributed by atoms with E-state index >= 15 is 0 Å². The number of hydrogen-bond donors (Lipinski definition) is 1. The van der Waals surface area contributed by atoms with Crippen LogP contribution < -0.4 is 4.74 Å². The van der Waals surface area contributed by atoms with Gasteiger partial charge in [-0.1, -0.05) is 76.2 Å². The number of aromatic carboxylic acids is 1. The standard InChI is InChI=1S/C28H30O3/c1-27(2)15-16-28(3,4)23-17-19(11-14-22(23)27)24-21(26(29)30)13-12-20(25(24)31-5)18-9-7-6-8-10-18/h6-14,17H,15-16H2,1-5H3,(H,29,30). The van der Waals surface area contributed by atoms with Crippen LogP contribution in [-0.4, -0.2) is 18.2 Å². The molecule has 3 aromatic carbocycles. The van der Waals surface area contributed by atoms with Crippen molar-refractivity contribution in [2.45, 2.75) is 51.4 Å². The third-order valence-corrected chi connectivity index (χ3v) is 6.82. The number of rotatable bonds is 4. The topological polar surface area (TPSA) is 46.5 Å². The molecule has 31 heavy (non-hydrogen) atoms. The molecule has 3 aromatic rings. The first-order valence-corrected chi connectivity index (χ1v) is 10.8. The van der Waals surface area contributed by atoms with E-state index < -0.39 is 5.97 Å². The SMILES string of the molecule is COc1c(-c2ccccc2)ccc(C(=O)O)c1-c1ccc2c(c1)C(C)(C)CCC2(C)C. The average molecular weight is 415 g/mol. The Balaban J connectivity index is 2.01. The summed E-state index contributed by atoms with van der Waals surface area (Å²) in [6, 6.07) is 19.9. The van der Waals surface area contributed by atoms with E-state index in [0.717, 1.165) is 29.5 Å². The van der Waals surface area contributed by atoms with Crippen LogP contribution in [-0.2, 0) is 10.8 Å². The Morgan fingerprint density at radius 2 is 1.48 bits per heavy atom. The third-order valence-electron chi connectivity index (χ3n) is 6.82. The van der Waals surface area contributed by atoms with Crippen molar-refractivity contribution >= 4 is 5.97 Å². The van der Waals surface area contributed by atoms with Crippen molar-refractivity contribution in [2.75, 3.05) is 7.11 Å². The monoisotopic (exact) mass is 414 g/mol. The fourth-order valence-electron chi connectivity index (χ4n) is 4.85. The summed E-state index contributed by atoms with van der Waals surface area (Å²) in [6.07, 6.45) is 2.24. The second-order valence-electron chi connectivity index (χ2n) is 9.77. The molecule has 3 heteroatoms. The summed E-state index contributed by atoms with van der Waals surface area (Å²) in [5, 5.41) is 9.98. The Morgan fingerprint density at radius 1 is 0.839 bits per heavy atom. The lowest BCUT2D eigenvalue weighted by Crippen LogP contribution is -2.33. The van der Waals surface area contributed by atoms with Crippen molar-refractivity contribution in [2.24, 2.45) is 0 Å². The second-order valence-corrected chi connectivity index (χ2v) is 9.77. The Morgan fingerprint density at radius 3 is 2.10 bits per heavy atom. The highest BCUT2D eigenvalue weighted by atomic mass is 16.5. The summed E-state index contributed by atoms with van der Waals surface area (Å²) in [5.41, 5.74) is 6.45. The first-order valence-electron chi connectivity index (χ1n) is 10.8. The molecule has 0 spiro atoms. The van der Waals surface area contributed by atoms with Gasteiger partial charge in [-0.2, -0.15) is 0 Å². The molecule has 0 aliphatic heterocycles. The van der Waals surface area contributed by atoms with Crippen molar-refractivity contribution in [3.8, 4) is 28.0 Å². The lowest BCUT2D eigenvalue weighted by molar-refractivity contribution is 0.0697. The van der Waals surface area contributed by atoms with Crippen molar-refractivity contribution in [3.63, 3.8) is 0 Å². The van der Waals surface area contributed by atoms with Crippen LogP contribution >= 0.6 is 0 Å². The van der Waals surface area contributed by atoms with Gasteiger partial charge in [0.1, 0.15) is 5.75 Å². The van der Waals surface area contributed by atoms with Crippen LogP contribution in [0.25, 0.3) is 22.3 Å². The zero-order chi connectivity index (χ0) is 22.4. The number of hydrogen-bond acceptors (Lipinski definition) is 2. The van der Waals surface area contributed by atoms with Crippen LogP contribution in [0.1, 0.15) is 62.0 Å². The van der Waals surface area contributed by atoms with Crippen LogP contribution in [0.2, 0.25) is 0 Å². The van der Waals surface area contributed by atoms with E-state index in [4.69, 9.17) is 4.74 Å². The lowest BCUT2D eigenvalue weighted by atomic mass is 9.63. The van der Waals surface area contributed by atoms with Crippen molar-refractivity contribution in [1.29, 1.82) is 0 Å². The van der Waals surface area contributed by atoms with Crippen LogP contribution in [0.5, 0.6) is 5.75 Å². The predicted molar refractivity (Wildman–Crippen MR) is 126 cm³/mol. The van der Waals surface area contributed by atoms with E-state index in [2.05, 4.69) is 45.9 Å². The van der Waals surface area contributed by atoms with Crippen molar-refractivity contribution in [3.05, 3.63) is 77.4 Å². The average Bonchev–Trinajstić information content (AvgIpc) is 2.76. The summed E-state index contributed by atoms with van der Waals surface area (Å²) < 4.78 is 5.85. The van der Waals surface area contributed by atoms with Crippen LogP contribution in [0, 0.1) is 0 Å². The summed E-state index contributed by atoms with van der Waals surface area (Å²) >= 11 is 0. The number of benzene rings is 3. The van der Waals surface area contributed by atoms with Crippen LogP contribution in [0.15, 0.2) is 60.7 Å². The van der Waals surface area contributed by atoms with E-state index in [0.29, 0.717) is 11.3 Å². The van der Waals surface area contributed by atoms with E-state index in [1.165, 1.54) is 11.1 Å². The normalized spacial score (nSPS) is 16.4. The van der Waals surface area contributed by atoms with Gasteiger partial charge < -0.3 is 9.84 Å². The fraction of sp³-hybridized carbons (Fsp3) is 0.321. The molecule has 0 unspecified atom stereocenters. The number of methoxy groups -OCH3 is 1. The molecule has 0 amide bonds. The molecule has 0 saturated heterocycles. The first kappa shape index (κ1) is 21.2. The Labute approximate surface area is 184 Å². The van der Waals surface area contributed by atoms with Crippen molar-refractivity contribution < 1.29 is 14.6 Å². The minimum atomic E-state index is -0.953. The minimum Gasteiger partial charge on any atom is -0.495 e. The van der Waals surface area contributed by atoms with Gasteiger partial charge in [0.2, 0.25) is 0 Å². The molecule has 0 saturated carbocycles. The summed E-state index contributed by atoms with van der Waals surface area (Å²) in [7, 11) is 1.61. The van der Waals surface area contributed by atoms with Gasteiger partial charge in [-0.05, 0) is 58.1 Å². The molecule has 1 aliphatic carbocycles. The lowest BCUT2D eigenvalue weighted by Gasteiger charge is -2.42. The maximum absolute atomic E-state index is 12.2. The Bertz CT molecular complexity index is 1140. The van der Waals surface area contributed by atoms with E-state index in [1.54, 1.807) is 13.2 Å². The maximum Gasteiger partial charge on any atom is 0.336 e. The van der Waals surface area contributed by atoms with Gasteiger partial charge in [0, 0.05) is 11.1 Å². The number of carbonyl (C=O) groups is 1. The summed E-state index contributed by atoms with van der Waals surface area (Å²) in [5.74, 6) is -0.357. The van der Waals surface area contributed by atoms with Gasteiger partial charge in [-0.15, -0.1) is 0 Å². The molecule has 0 aromatic heterocycles. The molecule has 160 valence electrons. The molecular weight excluding hydrogens is 384 g/mol. The molecule has 0 fully saturated rings. The first-order chi connectivity index (χ1) is 14.7. The van der Waals surface area contributed by atoms with Gasteiger partial charge in [0.15, 0.2) is 0 Å². The summed E-state index contributed by atoms with van der Waals surface area (Å²) in [4.78, 5) is 12.2. The molecule has 0 heterocycles. The van der Waals surface area contributed by atoms with Gasteiger partial charge in [0.05, 0.1) is 12.7 Å². The number of carboxylic acids is 1. The van der Waals surface area contributed by atoms with Gasteiger partial charge in [-0.3, -0.25) is 0 Å². The maximum atomic E-state index is 12.2. The molecule has 3 nitrogen and oxygen atoms in total. The zero-order valence-corrected chi connectivity index (χ0v) is 19.0. The van der Waals surface area contributed by atoms with Gasteiger partial charge in [-0.25, -0.2) is 4.79 Å². The second kappa shape index (κ2) is 7.56. The van der Waals surface area contributed by atoms with Crippen LogP contribution in [0.3, 0.4) is 0 Å². The number of ether oxygens (including phenoxy) is 1. The predicted octanol–water partition coefficient (Wildman–Crippen LogP) is 7.08. The molecular formula is C28H30O3. The molecule has 1 N–H and O–H groups in total. The Kier molecular flexibility index (Phi) is 5.17. The van der Waals surface area contributed by atoms with E-state index in [1.807, 2.05) is 36.4 Å². The van der Waals surface area contributed by atoms with Crippen molar-refractivity contribution in [1.82, 2.24) is 0 Å². The molecule has 1 aliphatic rings. The largest absolute Gasteiger partial charge is 0.495 e. The Hall–Kier alpha value is -3.07. The zero-order valence-electron chi connectivity index (χ0n) is 19.0. The minimum absolute atomic E-state index is 0.0362. The number of carboxylic acid groups (broad SMARTS) is 1. The molecule has 4 rings (SSSR count). The molecule has 0 atom stereocenters. The van der Waals surface area contributed by atoms with E-state index in [9.17, 15) is 9.90 Å². The van der Waals surface area contributed by atoms with Gasteiger partial charge >= 0.3 is 5.97 Å². The molecule has 0 bridgehead atoms.